The molecule has 0 aromatic rings. The van der Waals surface area contributed by atoms with E-state index in [4.69, 9.17) is 4.74 Å². The highest BCUT2D eigenvalue weighted by Gasteiger charge is 2.25. The minimum atomic E-state index is 0.000353. The quantitative estimate of drug-likeness (QED) is 0.799. The van der Waals surface area contributed by atoms with E-state index in [2.05, 4.69) is 10.6 Å². The van der Waals surface area contributed by atoms with Crippen LogP contribution in [-0.4, -0.2) is 55.7 Å². The highest BCUT2D eigenvalue weighted by atomic mass is 16.5. The Bertz CT molecular complexity index is 335. The molecular weight excluding hydrogens is 258 g/mol. The Balaban J connectivity index is 1.65. The summed E-state index contributed by atoms with van der Waals surface area (Å²) in [4.78, 5) is 25.4. The third kappa shape index (κ3) is 4.37. The standard InChI is InChI=1S/C14H25N3O3/c1-2-15-14(19)17-6-3-12(4-7-17)16-13(18)9-11-5-8-20-10-11/h11-12H,2-10H2,1H3,(H,15,19)(H,16,18)/t11-/m1/s1. The average molecular weight is 283 g/mol. The van der Waals surface area contributed by atoms with Gasteiger partial charge in [0, 0.05) is 45.3 Å². The van der Waals surface area contributed by atoms with Crippen molar-refractivity contribution in [3.05, 3.63) is 0 Å². The number of hydrogen-bond acceptors (Lipinski definition) is 3. The maximum Gasteiger partial charge on any atom is 0.317 e. The van der Waals surface area contributed by atoms with Crippen LogP contribution in [0.3, 0.4) is 0 Å². The van der Waals surface area contributed by atoms with Gasteiger partial charge in [-0.2, -0.15) is 0 Å². The van der Waals surface area contributed by atoms with Gasteiger partial charge in [-0.25, -0.2) is 4.79 Å². The Morgan fingerprint density at radius 3 is 2.60 bits per heavy atom. The summed E-state index contributed by atoms with van der Waals surface area (Å²) in [6.45, 7) is 5.48. The van der Waals surface area contributed by atoms with E-state index in [-0.39, 0.29) is 18.0 Å². The number of nitrogens with one attached hydrogen (secondary N) is 2. The van der Waals surface area contributed by atoms with Crippen LogP contribution < -0.4 is 10.6 Å². The van der Waals surface area contributed by atoms with Crippen molar-refractivity contribution in [1.29, 1.82) is 0 Å². The van der Waals surface area contributed by atoms with Crippen LogP contribution in [0, 0.1) is 5.92 Å². The molecule has 1 atom stereocenters. The number of rotatable bonds is 4. The van der Waals surface area contributed by atoms with Crippen LogP contribution in [0.25, 0.3) is 0 Å². The molecule has 0 aliphatic carbocycles. The number of likely N-dealkylation sites (tertiary alicyclic amines) is 1. The summed E-state index contributed by atoms with van der Waals surface area (Å²) >= 11 is 0. The molecule has 0 aromatic carbocycles. The second kappa shape index (κ2) is 7.47. The first-order valence-electron chi connectivity index (χ1n) is 7.59. The normalized spacial score (nSPS) is 23.6. The van der Waals surface area contributed by atoms with Crippen LogP contribution in [0.2, 0.25) is 0 Å². The molecule has 0 spiro atoms. The average Bonchev–Trinajstić information content (AvgIpc) is 2.92. The molecule has 2 aliphatic rings. The topological polar surface area (TPSA) is 70.7 Å². The van der Waals surface area contributed by atoms with Crippen LogP contribution in [-0.2, 0) is 9.53 Å². The van der Waals surface area contributed by atoms with E-state index in [0.29, 0.717) is 38.6 Å². The Hall–Kier alpha value is -1.30. The van der Waals surface area contributed by atoms with Gasteiger partial charge in [0.15, 0.2) is 0 Å². The van der Waals surface area contributed by atoms with Crippen molar-refractivity contribution in [2.45, 2.75) is 38.6 Å². The Morgan fingerprint density at radius 2 is 2.00 bits per heavy atom. The molecule has 6 heteroatoms. The molecule has 0 radical (unpaired) electrons. The molecule has 2 N–H and O–H groups in total. The molecule has 0 aromatic heterocycles. The highest BCUT2D eigenvalue weighted by molar-refractivity contribution is 5.77. The molecule has 2 saturated heterocycles. The van der Waals surface area contributed by atoms with E-state index >= 15 is 0 Å². The summed E-state index contributed by atoms with van der Waals surface area (Å²) < 4.78 is 5.28. The van der Waals surface area contributed by atoms with Gasteiger partial charge in [0.1, 0.15) is 0 Å². The fourth-order valence-corrected chi connectivity index (χ4v) is 2.78. The first kappa shape index (κ1) is 15.1. The fourth-order valence-electron chi connectivity index (χ4n) is 2.78. The molecule has 6 nitrogen and oxygen atoms in total. The number of urea groups is 1. The van der Waals surface area contributed by atoms with Gasteiger partial charge in [-0.05, 0) is 32.1 Å². The van der Waals surface area contributed by atoms with Crippen molar-refractivity contribution in [3.63, 3.8) is 0 Å². The SMILES string of the molecule is CCNC(=O)N1CCC(NC(=O)C[C@H]2CCOC2)CC1. The minimum absolute atomic E-state index is 0.000353. The predicted octanol–water partition coefficient (Wildman–Crippen LogP) is 0.723. The summed E-state index contributed by atoms with van der Waals surface area (Å²) in [5.41, 5.74) is 0. The lowest BCUT2D eigenvalue weighted by atomic mass is 10.0. The van der Waals surface area contributed by atoms with E-state index in [1.807, 2.05) is 11.8 Å². The summed E-state index contributed by atoms with van der Waals surface area (Å²) in [5.74, 6) is 0.502. The number of ether oxygens (including phenoxy) is 1. The number of amides is 3. The van der Waals surface area contributed by atoms with E-state index in [1.165, 1.54) is 0 Å². The lowest BCUT2D eigenvalue weighted by Gasteiger charge is -2.32. The van der Waals surface area contributed by atoms with E-state index in [1.54, 1.807) is 0 Å². The maximum atomic E-state index is 11.9. The van der Waals surface area contributed by atoms with Crippen LogP contribution in [0.5, 0.6) is 0 Å². The monoisotopic (exact) mass is 283 g/mol. The minimum Gasteiger partial charge on any atom is -0.381 e. The zero-order chi connectivity index (χ0) is 14.4. The largest absolute Gasteiger partial charge is 0.381 e. The van der Waals surface area contributed by atoms with Crippen molar-refractivity contribution in [2.75, 3.05) is 32.8 Å². The zero-order valence-electron chi connectivity index (χ0n) is 12.2. The molecule has 2 rings (SSSR count). The van der Waals surface area contributed by atoms with Gasteiger partial charge < -0.3 is 20.3 Å². The smallest absolute Gasteiger partial charge is 0.317 e. The first-order chi connectivity index (χ1) is 9.69. The van der Waals surface area contributed by atoms with Crippen molar-refractivity contribution < 1.29 is 14.3 Å². The third-order valence-electron chi connectivity index (χ3n) is 3.97. The molecule has 0 bridgehead atoms. The molecule has 2 fully saturated rings. The van der Waals surface area contributed by atoms with Gasteiger partial charge in [-0.3, -0.25) is 4.79 Å². The first-order valence-corrected chi connectivity index (χ1v) is 7.59. The third-order valence-corrected chi connectivity index (χ3v) is 3.97. The number of carbonyl (C=O) groups is 2. The van der Waals surface area contributed by atoms with Crippen LogP contribution in [0.4, 0.5) is 4.79 Å². The lowest BCUT2D eigenvalue weighted by Crippen LogP contribution is -2.49. The number of nitrogens with zero attached hydrogens (tertiary/aromatic N) is 1. The van der Waals surface area contributed by atoms with Crippen LogP contribution >= 0.6 is 0 Å². The van der Waals surface area contributed by atoms with E-state index in [9.17, 15) is 9.59 Å². The van der Waals surface area contributed by atoms with Crippen molar-refractivity contribution in [1.82, 2.24) is 15.5 Å². The predicted molar refractivity (Wildman–Crippen MR) is 75.4 cm³/mol. The molecule has 0 unspecified atom stereocenters. The molecule has 2 heterocycles. The van der Waals surface area contributed by atoms with Gasteiger partial charge >= 0.3 is 6.03 Å². The van der Waals surface area contributed by atoms with Crippen LogP contribution in [0.1, 0.15) is 32.6 Å². The number of piperidine rings is 1. The van der Waals surface area contributed by atoms with Crippen molar-refractivity contribution >= 4 is 11.9 Å². The summed E-state index contributed by atoms with van der Waals surface area (Å²) in [6.07, 6.45) is 3.23. The molecule has 3 amide bonds. The van der Waals surface area contributed by atoms with E-state index in [0.717, 1.165) is 25.9 Å². The summed E-state index contributed by atoms with van der Waals surface area (Å²) in [5, 5.41) is 5.89. The van der Waals surface area contributed by atoms with Crippen molar-refractivity contribution in [2.24, 2.45) is 5.92 Å². The number of hydrogen-bond donors (Lipinski definition) is 2. The zero-order valence-corrected chi connectivity index (χ0v) is 12.2. The van der Waals surface area contributed by atoms with Gasteiger partial charge in [0.05, 0.1) is 0 Å². The highest BCUT2D eigenvalue weighted by Crippen LogP contribution is 2.17. The second-order valence-electron chi connectivity index (χ2n) is 5.60. The van der Waals surface area contributed by atoms with Crippen LogP contribution in [0.15, 0.2) is 0 Å². The molecule has 20 heavy (non-hydrogen) atoms. The molecular formula is C14H25N3O3. The summed E-state index contributed by atoms with van der Waals surface area (Å²) in [6, 6.07) is 0.205. The summed E-state index contributed by atoms with van der Waals surface area (Å²) in [7, 11) is 0. The molecule has 2 aliphatic heterocycles. The van der Waals surface area contributed by atoms with E-state index < -0.39 is 0 Å². The van der Waals surface area contributed by atoms with Gasteiger partial charge in [-0.15, -0.1) is 0 Å². The Kier molecular flexibility index (Phi) is 5.64. The lowest BCUT2D eigenvalue weighted by molar-refractivity contribution is -0.123. The van der Waals surface area contributed by atoms with Gasteiger partial charge in [-0.1, -0.05) is 0 Å². The Labute approximate surface area is 120 Å². The molecule has 114 valence electrons. The van der Waals surface area contributed by atoms with Crippen molar-refractivity contribution in [3.8, 4) is 0 Å². The maximum absolute atomic E-state index is 11.9. The molecule has 0 saturated carbocycles. The Morgan fingerprint density at radius 1 is 1.25 bits per heavy atom. The second-order valence-corrected chi connectivity index (χ2v) is 5.60. The number of carbonyl (C=O) groups excluding carboxylic acids is 2. The fraction of sp³-hybridized carbons (Fsp3) is 0.857. The van der Waals surface area contributed by atoms with Gasteiger partial charge in [0.2, 0.25) is 5.91 Å². The van der Waals surface area contributed by atoms with Gasteiger partial charge in [0.25, 0.3) is 0 Å².